The smallest absolute Gasteiger partial charge is 0.326 e. The minimum absolute atomic E-state index is 0.0441. The average Bonchev–Trinajstić information content (AvgIpc) is 3.46. The van der Waals surface area contributed by atoms with Crippen LogP contribution in [0.1, 0.15) is 35.6 Å². The molecule has 1 aliphatic carbocycles. The molecule has 0 radical (unpaired) electrons. The SMILES string of the molecule is Cc1[nH]c2cc(C3CC3)cc([N+](=O)[O-])c2c1CC(Nc1ccccc1)C(=O)O. The second-order valence-electron chi connectivity index (χ2n) is 7.33. The number of carboxylic acid groups (broad SMARTS) is 1. The molecule has 2 aromatic carbocycles. The van der Waals surface area contributed by atoms with E-state index in [1.165, 1.54) is 0 Å². The Labute approximate surface area is 161 Å². The van der Waals surface area contributed by atoms with E-state index in [0.29, 0.717) is 28.1 Å². The second-order valence-corrected chi connectivity index (χ2v) is 7.33. The summed E-state index contributed by atoms with van der Waals surface area (Å²) >= 11 is 0. The van der Waals surface area contributed by atoms with Crippen LogP contribution in [-0.4, -0.2) is 27.0 Å². The Bertz CT molecular complexity index is 1050. The molecule has 7 nitrogen and oxygen atoms in total. The Morgan fingerprint density at radius 2 is 2.04 bits per heavy atom. The zero-order chi connectivity index (χ0) is 19.8. The van der Waals surface area contributed by atoms with Crippen LogP contribution in [0.4, 0.5) is 11.4 Å². The highest BCUT2D eigenvalue weighted by molar-refractivity contribution is 5.94. The molecule has 1 unspecified atom stereocenters. The molecule has 1 atom stereocenters. The number of nitro groups is 1. The minimum Gasteiger partial charge on any atom is -0.480 e. The fourth-order valence-electron chi connectivity index (χ4n) is 3.72. The number of benzene rings is 2. The highest BCUT2D eigenvalue weighted by Crippen LogP contribution is 2.44. The monoisotopic (exact) mass is 379 g/mol. The first-order chi connectivity index (χ1) is 13.4. The fourth-order valence-corrected chi connectivity index (χ4v) is 3.72. The number of hydrogen-bond donors (Lipinski definition) is 3. The molecule has 1 aromatic heterocycles. The summed E-state index contributed by atoms with van der Waals surface area (Å²) in [5.74, 6) is -0.614. The summed E-state index contributed by atoms with van der Waals surface area (Å²) in [5, 5.41) is 25.0. The van der Waals surface area contributed by atoms with Gasteiger partial charge in [0.15, 0.2) is 0 Å². The lowest BCUT2D eigenvalue weighted by Gasteiger charge is -2.16. The number of carbonyl (C=O) groups is 1. The maximum absolute atomic E-state index is 11.8. The highest BCUT2D eigenvalue weighted by atomic mass is 16.6. The van der Waals surface area contributed by atoms with Crippen LogP contribution in [0.5, 0.6) is 0 Å². The summed E-state index contributed by atoms with van der Waals surface area (Å²) in [6, 6.07) is 11.8. The van der Waals surface area contributed by atoms with Crippen molar-refractivity contribution in [2.75, 3.05) is 5.32 Å². The number of aromatic amines is 1. The van der Waals surface area contributed by atoms with Crippen molar-refractivity contribution in [1.82, 2.24) is 4.98 Å². The van der Waals surface area contributed by atoms with E-state index >= 15 is 0 Å². The van der Waals surface area contributed by atoms with Crippen LogP contribution in [-0.2, 0) is 11.2 Å². The lowest BCUT2D eigenvalue weighted by atomic mass is 9.99. The third-order valence-corrected chi connectivity index (χ3v) is 5.28. The zero-order valence-electron chi connectivity index (χ0n) is 15.4. The van der Waals surface area contributed by atoms with Crippen LogP contribution < -0.4 is 5.32 Å². The van der Waals surface area contributed by atoms with Crippen LogP contribution in [0.15, 0.2) is 42.5 Å². The van der Waals surface area contributed by atoms with Crippen LogP contribution >= 0.6 is 0 Å². The number of hydrogen-bond acceptors (Lipinski definition) is 4. The first-order valence-corrected chi connectivity index (χ1v) is 9.28. The molecule has 0 spiro atoms. The number of fused-ring (bicyclic) bond motifs is 1. The van der Waals surface area contributed by atoms with Crippen molar-refractivity contribution in [2.24, 2.45) is 0 Å². The molecule has 144 valence electrons. The Balaban J connectivity index is 1.75. The van der Waals surface area contributed by atoms with Crippen molar-refractivity contribution >= 4 is 28.2 Å². The van der Waals surface area contributed by atoms with Crippen LogP contribution in [0, 0.1) is 17.0 Å². The predicted octanol–water partition coefficient (Wildman–Crippen LogP) is 4.37. The maximum atomic E-state index is 11.8. The summed E-state index contributed by atoms with van der Waals surface area (Å²) in [6.07, 6.45) is 2.24. The summed E-state index contributed by atoms with van der Waals surface area (Å²) in [6.45, 7) is 1.83. The summed E-state index contributed by atoms with van der Waals surface area (Å²) < 4.78 is 0. The van der Waals surface area contributed by atoms with E-state index in [9.17, 15) is 20.0 Å². The zero-order valence-corrected chi connectivity index (χ0v) is 15.4. The predicted molar refractivity (Wildman–Crippen MR) is 107 cm³/mol. The number of nitrogens with zero attached hydrogens (tertiary/aromatic N) is 1. The standard InChI is InChI=1S/C21H21N3O4/c1-12-16(11-18(21(25)26)23-15-5-3-2-4-6-15)20-17(22-12)9-14(13-7-8-13)10-19(20)24(27)28/h2-6,9-10,13,18,22-23H,7-8,11H2,1H3,(H,25,26). The second kappa shape index (κ2) is 6.99. The van der Waals surface area contributed by atoms with E-state index in [0.717, 1.165) is 24.1 Å². The number of aromatic nitrogens is 1. The van der Waals surface area contributed by atoms with E-state index in [4.69, 9.17) is 0 Å². The van der Waals surface area contributed by atoms with Crippen LogP contribution in [0.25, 0.3) is 10.9 Å². The number of H-pyrrole nitrogens is 1. The normalized spacial score (nSPS) is 14.8. The molecule has 4 rings (SSSR count). The number of aryl methyl sites for hydroxylation is 1. The number of aliphatic carboxylic acids is 1. The van der Waals surface area contributed by atoms with Gasteiger partial charge in [0.05, 0.1) is 15.8 Å². The lowest BCUT2D eigenvalue weighted by molar-refractivity contribution is -0.383. The maximum Gasteiger partial charge on any atom is 0.326 e. The molecule has 3 aromatic rings. The summed E-state index contributed by atoms with van der Waals surface area (Å²) in [5.41, 5.74) is 3.84. The molecule has 0 bridgehead atoms. The first-order valence-electron chi connectivity index (χ1n) is 9.28. The topological polar surface area (TPSA) is 108 Å². The Kier molecular flexibility index (Phi) is 4.50. The number of nitrogens with one attached hydrogen (secondary N) is 2. The molecule has 0 aliphatic heterocycles. The van der Waals surface area contributed by atoms with E-state index in [2.05, 4.69) is 10.3 Å². The molecule has 0 saturated heterocycles. The van der Waals surface area contributed by atoms with Gasteiger partial charge in [-0.2, -0.15) is 0 Å². The Morgan fingerprint density at radius 3 is 2.64 bits per heavy atom. The highest BCUT2D eigenvalue weighted by Gasteiger charge is 2.30. The van der Waals surface area contributed by atoms with E-state index in [1.54, 1.807) is 18.2 Å². The van der Waals surface area contributed by atoms with Crippen molar-refractivity contribution in [3.05, 3.63) is 69.4 Å². The van der Waals surface area contributed by atoms with Gasteiger partial charge in [-0.15, -0.1) is 0 Å². The fraction of sp³-hybridized carbons (Fsp3) is 0.286. The van der Waals surface area contributed by atoms with Crippen LogP contribution in [0.3, 0.4) is 0 Å². The molecular weight excluding hydrogens is 358 g/mol. The minimum atomic E-state index is -1.00. The van der Waals surface area contributed by atoms with Crippen molar-refractivity contribution in [3.8, 4) is 0 Å². The van der Waals surface area contributed by atoms with Gasteiger partial charge in [-0.05, 0) is 55.0 Å². The molecular formula is C21H21N3O4. The number of anilines is 1. The molecule has 0 amide bonds. The Hall–Kier alpha value is -3.35. The summed E-state index contributed by atoms with van der Waals surface area (Å²) in [4.78, 5) is 26.4. The number of carboxylic acids is 1. The van der Waals surface area contributed by atoms with E-state index in [1.807, 2.05) is 31.2 Å². The number of non-ortho nitro benzene ring substituents is 1. The van der Waals surface area contributed by atoms with Gasteiger partial charge < -0.3 is 15.4 Å². The average molecular weight is 379 g/mol. The molecule has 1 saturated carbocycles. The van der Waals surface area contributed by atoms with Gasteiger partial charge in [0.1, 0.15) is 6.04 Å². The Morgan fingerprint density at radius 1 is 1.32 bits per heavy atom. The van der Waals surface area contributed by atoms with Gasteiger partial charge in [-0.1, -0.05) is 18.2 Å². The first kappa shape index (κ1) is 18.0. The van der Waals surface area contributed by atoms with Gasteiger partial charge >= 0.3 is 5.97 Å². The van der Waals surface area contributed by atoms with Gasteiger partial charge in [-0.25, -0.2) is 4.79 Å². The van der Waals surface area contributed by atoms with Crippen molar-refractivity contribution in [2.45, 2.75) is 38.1 Å². The van der Waals surface area contributed by atoms with E-state index < -0.39 is 12.0 Å². The molecule has 28 heavy (non-hydrogen) atoms. The molecule has 7 heteroatoms. The third-order valence-electron chi connectivity index (χ3n) is 5.28. The van der Waals surface area contributed by atoms with Crippen LogP contribution in [0.2, 0.25) is 0 Å². The van der Waals surface area contributed by atoms with Crippen molar-refractivity contribution in [1.29, 1.82) is 0 Å². The molecule has 1 fully saturated rings. The number of nitro benzene ring substituents is 1. The molecule has 3 N–H and O–H groups in total. The van der Waals surface area contributed by atoms with Crippen molar-refractivity contribution < 1.29 is 14.8 Å². The van der Waals surface area contributed by atoms with Gasteiger partial charge in [-0.3, -0.25) is 10.1 Å². The van der Waals surface area contributed by atoms with Crippen molar-refractivity contribution in [3.63, 3.8) is 0 Å². The number of para-hydroxylation sites is 1. The lowest BCUT2D eigenvalue weighted by Crippen LogP contribution is -2.31. The quantitative estimate of drug-likeness (QED) is 0.417. The molecule has 1 aliphatic rings. The van der Waals surface area contributed by atoms with Gasteiger partial charge in [0.2, 0.25) is 0 Å². The van der Waals surface area contributed by atoms with Gasteiger partial charge in [0, 0.05) is 23.9 Å². The third kappa shape index (κ3) is 3.43. The molecule has 1 heterocycles. The van der Waals surface area contributed by atoms with E-state index in [-0.39, 0.29) is 17.0 Å². The van der Waals surface area contributed by atoms with Gasteiger partial charge in [0.25, 0.3) is 5.69 Å². The largest absolute Gasteiger partial charge is 0.480 e. The summed E-state index contributed by atoms with van der Waals surface area (Å²) in [7, 11) is 0. The number of rotatable bonds is 7.